The zero-order valence-electron chi connectivity index (χ0n) is 12.4. The van der Waals surface area contributed by atoms with Crippen LogP contribution in [0.2, 0.25) is 0 Å². The summed E-state index contributed by atoms with van der Waals surface area (Å²) in [6.45, 7) is 6.94. The number of nitrogen functional groups attached to an aromatic ring is 1. The van der Waals surface area contributed by atoms with Crippen molar-refractivity contribution in [1.29, 1.82) is 0 Å². The highest BCUT2D eigenvalue weighted by Gasteiger charge is 2.06. The Morgan fingerprint density at radius 2 is 2.10 bits per heavy atom. The molecular formula is C15H25N3O2. The molecule has 5 heteroatoms. The lowest BCUT2D eigenvalue weighted by Crippen LogP contribution is -2.22. The van der Waals surface area contributed by atoms with Gasteiger partial charge in [-0.2, -0.15) is 0 Å². The van der Waals surface area contributed by atoms with Crippen LogP contribution in [0.15, 0.2) is 18.2 Å². The average Bonchev–Trinajstić information content (AvgIpc) is 2.44. The van der Waals surface area contributed by atoms with Crippen LogP contribution in [-0.4, -0.2) is 32.2 Å². The molecule has 0 aliphatic carbocycles. The van der Waals surface area contributed by atoms with Crippen LogP contribution in [0.4, 0.5) is 11.4 Å². The lowest BCUT2D eigenvalue weighted by atomic mass is 10.1. The van der Waals surface area contributed by atoms with Gasteiger partial charge in [-0.05, 0) is 38.0 Å². The number of rotatable bonds is 9. The second-order valence-corrected chi connectivity index (χ2v) is 4.55. The second kappa shape index (κ2) is 9.20. The molecule has 0 unspecified atom stereocenters. The minimum atomic E-state index is -0.0984. The molecule has 0 aliphatic rings. The third-order valence-corrected chi connectivity index (χ3v) is 2.78. The summed E-state index contributed by atoms with van der Waals surface area (Å²) < 4.78 is 5.40. The molecule has 0 saturated carbocycles. The summed E-state index contributed by atoms with van der Waals surface area (Å²) in [5.74, 6) is -0.0984. The quantitative estimate of drug-likeness (QED) is 0.478. The third kappa shape index (κ3) is 5.48. The Kier molecular flexibility index (Phi) is 7.50. The third-order valence-electron chi connectivity index (χ3n) is 2.78. The van der Waals surface area contributed by atoms with E-state index in [2.05, 4.69) is 17.6 Å². The molecule has 4 N–H and O–H groups in total. The van der Waals surface area contributed by atoms with Crippen molar-refractivity contribution < 1.29 is 9.53 Å². The van der Waals surface area contributed by atoms with Gasteiger partial charge in [0.05, 0.1) is 11.4 Å². The molecule has 0 heterocycles. The van der Waals surface area contributed by atoms with Crippen LogP contribution in [0.1, 0.15) is 37.0 Å². The van der Waals surface area contributed by atoms with Crippen molar-refractivity contribution in [3.05, 3.63) is 23.8 Å². The van der Waals surface area contributed by atoms with Gasteiger partial charge in [0.1, 0.15) is 0 Å². The highest BCUT2D eigenvalue weighted by molar-refractivity contribution is 5.96. The summed E-state index contributed by atoms with van der Waals surface area (Å²) in [7, 11) is 0. The van der Waals surface area contributed by atoms with Crippen LogP contribution < -0.4 is 16.4 Å². The van der Waals surface area contributed by atoms with E-state index in [1.807, 2.05) is 13.0 Å². The number of anilines is 2. The van der Waals surface area contributed by atoms with E-state index in [0.29, 0.717) is 17.8 Å². The van der Waals surface area contributed by atoms with Crippen molar-refractivity contribution in [1.82, 2.24) is 5.32 Å². The van der Waals surface area contributed by atoms with Crippen LogP contribution in [-0.2, 0) is 4.74 Å². The van der Waals surface area contributed by atoms with Crippen LogP contribution in [0.3, 0.4) is 0 Å². The first-order chi connectivity index (χ1) is 9.69. The maximum atomic E-state index is 11.7. The fourth-order valence-electron chi connectivity index (χ4n) is 1.77. The molecule has 0 atom stereocenters. The molecular weight excluding hydrogens is 254 g/mol. The summed E-state index contributed by atoms with van der Waals surface area (Å²) in [4.78, 5) is 11.7. The van der Waals surface area contributed by atoms with E-state index in [1.165, 1.54) is 0 Å². The fourth-order valence-corrected chi connectivity index (χ4v) is 1.77. The lowest BCUT2D eigenvalue weighted by molar-refractivity contribution is 0.0956. The van der Waals surface area contributed by atoms with E-state index in [0.717, 1.165) is 38.3 Å². The number of carbonyl (C=O) groups excluding carboxylic acids is 1. The van der Waals surface area contributed by atoms with Gasteiger partial charge < -0.3 is 21.1 Å². The van der Waals surface area contributed by atoms with Gasteiger partial charge in [0, 0.05) is 31.9 Å². The topological polar surface area (TPSA) is 76.4 Å². The normalized spacial score (nSPS) is 10.3. The first kappa shape index (κ1) is 16.3. The van der Waals surface area contributed by atoms with Crippen molar-refractivity contribution >= 4 is 17.3 Å². The van der Waals surface area contributed by atoms with Gasteiger partial charge in [-0.1, -0.05) is 6.92 Å². The van der Waals surface area contributed by atoms with Gasteiger partial charge in [-0.25, -0.2) is 0 Å². The van der Waals surface area contributed by atoms with Gasteiger partial charge in [0.25, 0.3) is 5.91 Å². The van der Waals surface area contributed by atoms with Gasteiger partial charge in [0.2, 0.25) is 0 Å². The molecule has 0 saturated heterocycles. The fraction of sp³-hybridized carbons (Fsp3) is 0.533. The van der Waals surface area contributed by atoms with Crippen molar-refractivity contribution in [2.24, 2.45) is 0 Å². The van der Waals surface area contributed by atoms with E-state index in [9.17, 15) is 4.79 Å². The molecule has 0 aliphatic heterocycles. The first-order valence-electron chi connectivity index (χ1n) is 7.18. The Bertz CT molecular complexity index is 422. The smallest absolute Gasteiger partial charge is 0.251 e. The van der Waals surface area contributed by atoms with Gasteiger partial charge >= 0.3 is 0 Å². The zero-order chi connectivity index (χ0) is 14.8. The number of nitrogens with two attached hydrogens (primary N) is 1. The minimum absolute atomic E-state index is 0.0984. The molecule has 20 heavy (non-hydrogen) atoms. The summed E-state index contributed by atoms with van der Waals surface area (Å²) >= 11 is 0. The van der Waals surface area contributed by atoms with Gasteiger partial charge in [0.15, 0.2) is 0 Å². The molecule has 0 spiro atoms. The number of amides is 1. The minimum Gasteiger partial charge on any atom is -0.397 e. The SMILES string of the molecule is CCCOCCCNc1ccc(C(=O)NCC)cc1N. The maximum absolute atomic E-state index is 11.7. The summed E-state index contributed by atoms with van der Waals surface area (Å²) in [6.07, 6.45) is 1.97. The zero-order valence-corrected chi connectivity index (χ0v) is 12.4. The summed E-state index contributed by atoms with van der Waals surface area (Å²) in [5, 5.41) is 6.00. The molecule has 0 bridgehead atoms. The molecule has 0 fully saturated rings. The highest BCUT2D eigenvalue weighted by Crippen LogP contribution is 2.19. The van der Waals surface area contributed by atoms with E-state index in [-0.39, 0.29) is 5.91 Å². The Labute approximate surface area is 120 Å². The molecule has 1 aromatic carbocycles. The Hall–Kier alpha value is -1.75. The van der Waals surface area contributed by atoms with Crippen molar-refractivity contribution in [2.75, 3.05) is 37.4 Å². The van der Waals surface area contributed by atoms with E-state index in [4.69, 9.17) is 10.5 Å². The van der Waals surface area contributed by atoms with Crippen molar-refractivity contribution in [2.45, 2.75) is 26.7 Å². The Morgan fingerprint density at radius 1 is 1.30 bits per heavy atom. The number of benzene rings is 1. The standard InChI is InChI=1S/C15H25N3O2/c1-3-9-20-10-5-8-18-14-7-6-12(11-13(14)16)15(19)17-4-2/h6-7,11,18H,3-5,8-10,16H2,1-2H3,(H,17,19). The molecule has 1 amide bonds. The van der Waals surface area contributed by atoms with Crippen LogP contribution in [0, 0.1) is 0 Å². The Balaban J connectivity index is 2.42. The summed E-state index contributed by atoms with van der Waals surface area (Å²) in [5.41, 5.74) is 7.97. The number of hydrogen-bond donors (Lipinski definition) is 3. The summed E-state index contributed by atoms with van der Waals surface area (Å²) in [6, 6.07) is 5.31. The molecule has 112 valence electrons. The van der Waals surface area contributed by atoms with Crippen molar-refractivity contribution in [3.63, 3.8) is 0 Å². The molecule has 1 rings (SSSR count). The molecule has 0 aromatic heterocycles. The van der Waals surface area contributed by atoms with Gasteiger partial charge in [-0.3, -0.25) is 4.79 Å². The molecule has 0 radical (unpaired) electrons. The van der Waals surface area contributed by atoms with Crippen molar-refractivity contribution in [3.8, 4) is 0 Å². The second-order valence-electron chi connectivity index (χ2n) is 4.55. The number of hydrogen-bond acceptors (Lipinski definition) is 4. The predicted octanol–water partition coefficient (Wildman–Crippen LogP) is 2.25. The van der Waals surface area contributed by atoms with Crippen LogP contribution >= 0.6 is 0 Å². The van der Waals surface area contributed by atoms with Crippen LogP contribution in [0.25, 0.3) is 0 Å². The lowest BCUT2D eigenvalue weighted by Gasteiger charge is -2.11. The van der Waals surface area contributed by atoms with Crippen LogP contribution in [0.5, 0.6) is 0 Å². The number of nitrogens with one attached hydrogen (secondary N) is 2. The molecule has 5 nitrogen and oxygen atoms in total. The van der Waals surface area contributed by atoms with E-state index in [1.54, 1.807) is 12.1 Å². The number of carbonyl (C=O) groups is 1. The monoisotopic (exact) mass is 279 g/mol. The van der Waals surface area contributed by atoms with E-state index < -0.39 is 0 Å². The van der Waals surface area contributed by atoms with Gasteiger partial charge in [-0.15, -0.1) is 0 Å². The highest BCUT2D eigenvalue weighted by atomic mass is 16.5. The first-order valence-corrected chi connectivity index (χ1v) is 7.18. The predicted molar refractivity (Wildman–Crippen MR) is 83.1 cm³/mol. The maximum Gasteiger partial charge on any atom is 0.251 e. The largest absolute Gasteiger partial charge is 0.397 e. The van der Waals surface area contributed by atoms with E-state index >= 15 is 0 Å². The average molecular weight is 279 g/mol. The Morgan fingerprint density at radius 3 is 2.75 bits per heavy atom. The molecule has 1 aromatic rings. The number of ether oxygens (including phenoxy) is 1.